The summed E-state index contributed by atoms with van der Waals surface area (Å²) in [5, 5.41) is 5.88. The van der Waals surface area contributed by atoms with E-state index in [1.807, 2.05) is 38.1 Å². The lowest BCUT2D eigenvalue weighted by atomic mass is 9.48. The number of amides is 2. The van der Waals surface area contributed by atoms with Crippen LogP contribution in [0.2, 0.25) is 0 Å². The third-order valence-electron chi connectivity index (χ3n) is 8.22. The summed E-state index contributed by atoms with van der Waals surface area (Å²) in [6.45, 7) is 4.29. The van der Waals surface area contributed by atoms with Crippen molar-refractivity contribution in [3.63, 3.8) is 0 Å². The lowest BCUT2D eigenvalue weighted by molar-refractivity contribution is -0.124. The number of aromatic nitrogens is 1. The van der Waals surface area contributed by atoms with Crippen LogP contribution in [-0.4, -0.2) is 22.8 Å². The van der Waals surface area contributed by atoms with Gasteiger partial charge in [-0.3, -0.25) is 14.6 Å². The van der Waals surface area contributed by atoms with Crippen LogP contribution < -0.4 is 10.6 Å². The lowest BCUT2D eigenvalue weighted by Crippen LogP contribution is -2.49. The summed E-state index contributed by atoms with van der Waals surface area (Å²) < 4.78 is 0. The van der Waals surface area contributed by atoms with Gasteiger partial charge in [-0.2, -0.15) is 0 Å². The zero-order valence-electron chi connectivity index (χ0n) is 19.7. The molecule has 0 saturated heterocycles. The van der Waals surface area contributed by atoms with Crippen molar-refractivity contribution in [2.45, 2.75) is 70.4 Å². The Morgan fingerprint density at radius 2 is 1.64 bits per heavy atom. The van der Waals surface area contributed by atoms with Gasteiger partial charge >= 0.3 is 0 Å². The first-order valence-electron chi connectivity index (χ1n) is 12.5. The molecule has 0 aliphatic heterocycles. The molecule has 6 rings (SSSR count). The van der Waals surface area contributed by atoms with Crippen LogP contribution in [0.15, 0.2) is 48.8 Å². The minimum atomic E-state index is -0.586. The zero-order valence-corrected chi connectivity index (χ0v) is 19.7. The highest BCUT2D eigenvalue weighted by molar-refractivity contribution is 5.97. The van der Waals surface area contributed by atoms with Crippen LogP contribution in [0.25, 0.3) is 0 Å². The van der Waals surface area contributed by atoms with Crippen molar-refractivity contribution >= 4 is 11.8 Å². The summed E-state index contributed by atoms with van der Waals surface area (Å²) in [6, 6.07) is 11.4. The molecule has 5 heteroatoms. The highest BCUT2D eigenvalue weighted by atomic mass is 16.2. The van der Waals surface area contributed by atoms with E-state index in [0.29, 0.717) is 17.5 Å². The molecule has 1 heterocycles. The van der Waals surface area contributed by atoms with Gasteiger partial charge < -0.3 is 10.6 Å². The number of hydrogen-bond donors (Lipinski definition) is 2. The van der Waals surface area contributed by atoms with E-state index in [0.717, 1.165) is 23.3 Å². The fourth-order valence-electron chi connectivity index (χ4n) is 7.00. The summed E-state index contributed by atoms with van der Waals surface area (Å²) in [5.41, 5.74) is 3.29. The Balaban J connectivity index is 1.23. The van der Waals surface area contributed by atoms with Crippen LogP contribution in [0.1, 0.15) is 73.9 Å². The van der Waals surface area contributed by atoms with Gasteiger partial charge in [-0.25, -0.2) is 0 Å². The van der Waals surface area contributed by atoms with Gasteiger partial charge in [0.25, 0.3) is 5.91 Å². The van der Waals surface area contributed by atoms with Gasteiger partial charge in [-0.15, -0.1) is 0 Å². The van der Waals surface area contributed by atoms with E-state index in [4.69, 9.17) is 0 Å². The zero-order chi connectivity index (χ0) is 23.0. The molecule has 4 saturated carbocycles. The van der Waals surface area contributed by atoms with Gasteiger partial charge in [0.15, 0.2) is 0 Å². The topological polar surface area (TPSA) is 71.1 Å². The molecular formula is C28H35N3O2. The molecule has 174 valence electrons. The third-order valence-corrected chi connectivity index (χ3v) is 8.22. The van der Waals surface area contributed by atoms with Crippen LogP contribution >= 0.6 is 0 Å². The monoisotopic (exact) mass is 445 g/mol. The van der Waals surface area contributed by atoms with Crippen molar-refractivity contribution in [1.29, 1.82) is 0 Å². The quantitative estimate of drug-likeness (QED) is 0.653. The minimum Gasteiger partial charge on any atom is -0.350 e. The Kier molecular flexibility index (Phi) is 5.98. The highest BCUT2D eigenvalue weighted by Gasteiger charge is 2.51. The van der Waals surface area contributed by atoms with Crippen LogP contribution in [0.3, 0.4) is 0 Å². The van der Waals surface area contributed by atoms with E-state index in [1.54, 1.807) is 12.4 Å². The molecule has 4 fully saturated rings. The molecule has 2 aromatic rings. The number of carbonyl (C=O) groups excluding carboxylic acids is 2. The number of hydrogen-bond acceptors (Lipinski definition) is 3. The smallest absolute Gasteiger partial charge is 0.251 e. The largest absolute Gasteiger partial charge is 0.350 e. The molecule has 1 atom stereocenters. The Labute approximate surface area is 196 Å². The molecular weight excluding hydrogens is 410 g/mol. The molecule has 5 nitrogen and oxygen atoms in total. The van der Waals surface area contributed by atoms with E-state index in [9.17, 15) is 9.59 Å². The molecule has 4 bridgehead atoms. The maximum absolute atomic E-state index is 13.0. The number of rotatable bonds is 7. The van der Waals surface area contributed by atoms with E-state index in [1.165, 1.54) is 44.1 Å². The fourth-order valence-corrected chi connectivity index (χ4v) is 7.00. The summed E-state index contributed by atoms with van der Waals surface area (Å²) in [7, 11) is 0. The van der Waals surface area contributed by atoms with Gasteiger partial charge in [-0.05, 0) is 96.9 Å². The van der Waals surface area contributed by atoms with E-state index < -0.39 is 6.04 Å². The Morgan fingerprint density at radius 1 is 1.00 bits per heavy atom. The van der Waals surface area contributed by atoms with E-state index in [2.05, 4.69) is 27.8 Å². The Bertz CT molecular complexity index is 964. The van der Waals surface area contributed by atoms with Gasteiger partial charge in [0.2, 0.25) is 5.91 Å². The van der Waals surface area contributed by atoms with Gasteiger partial charge in [0.1, 0.15) is 6.04 Å². The second-order valence-electron chi connectivity index (χ2n) is 11.0. The molecule has 33 heavy (non-hydrogen) atoms. The summed E-state index contributed by atoms with van der Waals surface area (Å²) in [4.78, 5) is 29.9. The van der Waals surface area contributed by atoms with Crippen molar-refractivity contribution in [3.05, 3.63) is 65.5 Å². The third kappa shape index (κ3) is 4.55. The van der Waals surface area contributed by atoms with Crippen molar-refractivity contribution in [2.24, 2.45) is 23.7 Å². The van der Waals surface area contributed by atoms with Crippen LogP contribution in [0, 0.1) is 23.7 Å². The van der Waals surface area contributed by atoms with Gasteiger partial charge in [0.05, 0.1) is 0 Å². The summed E-state index contributed by atoms with van der Waals surface area (Å²) in [6.07, 6.45) is 11.7. The highest BCUT2D eigenvalue weighted by Crippen LogP contribution is 2.60. The molecule has 2 amide bonds. The molecule has 4 aliphatic rings. The van der Waals surface area contributed by atoms with Crippen molar-refractivity contribution in [3.8, 4) is 0 Å². The van der Waals surface area contributed by atoms with Crippen LogP contribution in [-0.2, 0) is 16.8 Å². The fraction of sp³-hybridized carbons (Fsp3) is 0.536. The van der Waals surface area contributed by atoms with E-state index >= 15 is 0 Å². The predicted octanol–water partition coefficient (Wildman–Crippen LogP) is 4.62. The average Bonchev–Trinajstić information content (AvgIpc) is 2.80. The maximum Gasteiger partial charge on any atom is 0.251 e. The Hall–Kier alpha value is -2.69. The normalized spacial score (nSPS) is 28.5. The second kappa shape index (κ2) is 8.92. The molecule has 0 radical (unpaired) electrons. The molecule has 0 unspecified atom stereocenters. The van der Waals surface area contributed by atoms with Crippen molar-refractivity contribution < 1.29 is 9.59 Å². The standard InChI is InChI=1S/C28H35N3O2/c1-18(2)25(27(33)30-17-19-4-3-9-29-16-19)31-26(32)23-5-7-24(8-6-23)28-13-20-10-21(14-28)12-22(11-20)15-28/h3-9,16,18,20-22,25H,10-15,17H2,1-2H3,(H,30,33)(H,31,32)/t20?,21?,22?,25-,28?/m1/s1. The first kappa shape index (κ1) is 22.1. The van der Waals surface area contributed by atoms with Gasteiger partial charge in [-0.1, -0.05) is 32.0 Å². The second-order valence-corrected chi connectivity index (χ2v) is 11.0. The molecule has 1 aromatic heterocycles. The number of pyridine rings is 1. The average molecular weight is 446 g/mol. The number of nitrogens with one attached hydrogen (secondary N) is 2. The SMILES string of the molecule is CC(C)[C@@H](NC(=O)c1ccc(C23CC4CC(CC(C4)C2)C3)cc1)C(=O)NCc1cccnc1. The summed E-state index contributed by atoms with van der Waals surface area (Å²) >= 11 is 0. The molecule has 2 N–H and O–H groups in total. The first-order valence-corrected chi connectivity index (χ1v) is 12.5. The van der Waals surface area contributed by atoms with E-state index in [-0.39, 0.29) is 17.7 Å². The summed E-state index contributed by atoms with van der Waals surface area (Å²) in [5.74, 6) is 2.31. The predicted molar refractivity (Wildman–Crippen MR) is 128 cm³/mol. The minimum absolute atomic E-state index is 0.0193. The van der Waals surface area contributed by atoms with Crippen LogP contribution in [0.4, 0.5) is 0 Å². The lowest BCUT2D eigenvalue weighted by Gasteiger charge is -2.57. The number of nitrogens with zero attached hydrogens (tertiary/aromatic N) is 1. The Morgan fingerprint density at radius 3 is 2.18 bits per heavy atom. The van der Waals surface area contributed by atoms with Crippen molar-refractivity contribution in [2.75, 3.05) is 0 Å². The first-order chi connectivity index (χ1) is 15.9. The molecule has 1 aromatic carbocycles. The number of carbonyl (C=O) groups is 2. The molecule has 0 spiro atoms. The van der Waals surface area contributed by atoms with Crippen molar-refractivity contribution in [1.82, 2.24) is 15.6 Å². The molecule has 4 aliphatic carbocycles. The van der Waals surface area contributed by atoms with Crippen LogP contribution in [0.5, 0.6) is 0 Å². The van der Waals surface area contributed by atoms with Gasteiger partial charge in [0, 0.05) is 24.5 Å². The number of benzene rings is 1. The maximum atomic E-state index is 13.0.